The van der Waals surface area contributed by atoms with Crippen LogP contribution in [0.4, 0.5) is 0 Å². The van der Waals surface area contributed by atoms with Crippen molar-refractivity contribution < 1.29 is 4.74 Å². The summed E-state index contributed by atoms with van der Waals surface area (Å²) in [4.78, 5) is 8.82. The third kappa shape index (κ3) is 5.74. The maximum Gasteiger partial charge on any atom is 0.191 e. The molecule has 1 aromatic carbocycles. The van der Waals surface area contributed by atoms with E-state index in [1.807, 2.05) is 43.3 Å². The highest BCUT2D eigenvalue weighted by molar-refractivity contribution is 6.31. The Hall–Kier alpha value is -2.27. The Morgan fingerprint density at radius 3 is 2.79 bits per heavy atom. The second kappa shape index (κ2) is 9.78. The van der Waals surface area contributed by atoms with Crippen LogP contribution < -0.4 is 15.4 Å². The molecule has 0 saturated carbocycles. The quantitative estimate of drug-likeness (QED) is 0.597. The van der Waals surface area contributed by atoms with Gasteiger partial charge in [-0.15, -0.1) is 0 Å². The van der Waals surface area contributed by atoms with Gasteiger partial charge in [0.2, 0.25) is 0 Å². The molecule has 2 rings (SSSR count). The van der Waals surface area contributed by atoms with Crippen molar-refractivity contribution in [3.8, 4) is 5.75 Å². The third-order valence-electron chi connectivity index (χ3n) is 3.42. The van der Waals surface area contributed by atoms with E-state index in [1.54, 1.807) is 13.3 Å². The largest absolute Gasteiger partial charge is 0.497 e. The van der Waals surface area contributed by atoms with Gasteiger partial charge >= 0.3 is 0 Å². The van der Waals surface area contributed by atoms with Crippen molar-refractivity contribution in [2.75, 3.05) is 20.2 Å². The van der Waals surface area contributed by atoms with Crippen molar-refractivity contribution in [2.24, 2.45) is 4.99 Å². The number of hydrogen-bond donors (Lipinski definition) is 2. The van der Waals surface area contributed by atoms with Crippen LogP contribution in [0.5, 0.6) is 5.75 Å². The number of nitrogens with zero attached hydrogens (tertiary/aromatic N) is 2. The van der Waals surface area contributed by atoms with Crippen LogP contribution in [0.15, 0.2) is 47.6 Å². The second-order valence-electron chi connectivity index (χ2n) is 5.15. The monoisotopic (exact) mass is 346 g/mol. The highest BCUT2D eigenvalue weighted by Gasteiger charge is 2.03. The summed E-state index contributed by atoms with van der Waals surface area (Å²) in [5.74, 6) is 1.54. The van der Waals surface area contributed by atoms with Crippen molar-refractivity contribution in [3.63, 3.8) is 0 Å². The molecular weight excluding hydrogens is 324 g/mol. The van der Waals surface area contributed by atoms with Crippen LogP contribution in [0, 0.1) is 0 Å². The molecular formula is C18H23ClN4O. The van der Waals surface area contributed by atoms with Gasteiger partial charge in [-0.05, 0) is 43.2 Å². The molecule has 0 aliphatic heterocycles. The highest BCUT2D eigenvalue weighted by Crippen LogP contribution is 2.22. The maximum absolute atomic E-state index is 6.26. The lowest BCUT2D eigenvalue weighted by molar-refractivity contribution is 0.414. The van der Waals surface area contributed by atoms with Gasteiger partial charge in [-0.25, -0.2) is 4.99 Å². The van der Waals surface area contributed by atoms with Crippen LogP contribution in [-0.2, 0) is 13.0 Å². The first-order valence-electron chi connectivity index (χ1n) is 7.97. The zero-order chi connectivity index (χ0) is 17.2. The van der Waals surface area contributed by atoms with Crippen LogP contribution >= 0.6 is 11.6 Å². The lowest BCUT2D eigenvalue weighted by atomic mass is 10.1. The molecule has 1 aromatic heterocycles. The maximum atomic E-state index is 6.26. The van der Waals surface area contributed by atoms with Crippen molar-refractivity contribution >= 4 is 17.6 Å². The van der Waals surface area contributed by atoms with Crippen LogP contribution in [0.1, 0.15) is 18.2 Å². The molecule has 128 valence electrons. The van der Waals surface area contributed by atoms with Crippen LogP contribution in [0.2, 0.25) is 5.02 Å². The van der Waals surface area contributed by atoms with Gasteiger partial charge < -0.3 is 15.4 Å². The standard InChI is InChI=1S/C18H23ClN4O/c1-3-20-18(23-13-15-6-4-5-10-21-15)22-11-9-14-7-8-16(24-2)12-17(14)19/h4-8,10,12H,3,9,11,13H2,1-2H3,(H2,20,22,23). The smallest absolute Gasteiger partial charge is 0.191 e. The van der Waals surface area contributed by atoms with Gasteiger partial charge in [-0.3, -0.25) is 4.98 Å². The van der Waals surface area contributed by atoms with Gasteiger partial charge in [0, 0.05) is 24.3 Å². The van der Waals surface area contributed by atoms with Gasteiger partial charge in [0.1, 0.15) is 5.75 Å². The minimum absolute atomic E-state index is 0.541. The van der Waals surface area contributed by atoms with Gasteiger partial charge in [0.25, 0.3) is 0 Å². The van der Waals surface area contributed by atoms with Crippen molar-refractivity contribution in [1.29, 1.82) is 0 Å². The zero-order valence-corrected chi connectivity index (χ0v) is 14.8. The van der Waals surface area contributed by atoms with Crippen molar-refractivity contribution in [3.05, 3.63) is 58.9 Å². The summed E-state index contributed by atoms with van der Waals surface area (Å²) in [6, 6.07) is 11.6. The first-order valence-corrected chi connectivity index (χ1v) is 8.35. The number of aromatic nitrogens is 1. The summed E-state index contributed by atoms with van der Waals surface area (Å²) in [5, 5.41) is 7.26. The Kier molecular flexibility index (Phi) is 7.36. The molecule has 0 aliphatic rings. The van der Waals surface area contributed by atoms with E-state index in [-0.39, 0.29) is 0 Å². The fraction of sp³-hybridized carbons (Fsp3) is 0.333. The number of halogens is 1. The number of guanidine groups is 1. The van der Waals surface area contributed by atoms with Crippen LogP contribution in [-0.4, -0.2) is 31.1 Å². The van der Waals surface area contributed by atoms with E-state index in [1.165, 1.54) is 0 Å². The summed E-state index contributed by atoms with van der Waals surface area (Å²) < 4.78 is 5.16. The Balaban J connectivity index is 1.89. The fourth-order valence-electron chi connectivity index (χ4n) is 2.17. The summed E-state index contributed by atoms with van der Waals surface area (Å²) >= 11 is 6.26. The van der Waals surface area contributed by atoms with E-state index in [0.717, 1.165) is 42.5 Å². The summed E-state index contributed by atoms with van der Waals surface area (Å²) in [6.07, 6.45) is 2.58. The predicted molar refractivity (Wildman–Crippen MR) is 98.8 cm³/mol. The fourth-order valence-corrected chi connectivity index (χ4v) is 2.43. The minimum Gasteiger partial charge on any atom is -0.497 e. The number of pyridine rings is 1. The lowest BCUT2D eigenvalue weighted by Crippen LogP contribution is -2.38. The molecule has 0 amide bonds. The second-order valence-corrected chi connectivity index (χ2v) is 5.56. The first kappa shape index (κ1) is 18.1. The molecule has 0 saturated heterocycles. The van der Waals surface area contributed by atoms with Crippen molar-refractivity contribution in [1.82, 2.24) is 15.6 Å². The average Bonchev–Trinajstić information content (AvgIpc) is 2.61. The van der Waals surface area contributed by atoms with E-state index in [0.29, 0.717) is 11.6 Å². The third-order valence-corrected chi connectivity index (χ3v) is 3.77. The highest BCUT2D eigenvalue weighted by atomic mass is 35.5. The molecule has 0 spiro atoms. The molecule has 0 fully saturated rings. The molecule has 0 radical (unpaired) electrons. The van der Waals surface area contributed by atoms with E-state index < -0.39 is 0 Å². The SMILES string of the molecule is CCNC(=NCc1ccccn1)NCCc1ccc(OC)cc1Cl. The average molecular weight is 347 g/mol. The first-order chi connectivity index (χ1) is 11.7. The molecule has 6 heteroatoms. The minimum atomic E-state index is 0.541. The lowest BCUT2D eigenvalue weighted by Gasteiger charge is -2.12. The van der Waals surface area contributed by atoms with E-state index in [9.17, 15) is 0 Å². The van der Waals surface area contributed by atoms with E-state index in [2.05, 4.69) is 20.6 Å². The molecule has 24 heavy (non-hydrogen) atoms. The van der Waals surface area contributed by atoms with E-state index in [4.69, 9.17) is 16.3 Å². The number of aliphatic imine (C=N–C) groups is 1. The number of hydrogen-bond acceptors (Lipinski definition) is 3. The molecule has 2 aromatic rings. The number of methoxy groups -OCH3 is 1. The Morgan fingerprint density at radius 2 is 2.12 bits per heavy atom. The Morgan fingerprint density at radius 1 is 1.25 bits per heavy atom. The number of rotatable bonds is 7. The molecule has 2 N–H and O–H groups in total. The van der Waals surface area contributed by atoms with E-state index >= 15 is 0 Å². The normalized spacial score (nSPS) is 11.2. The molecule has 0 aliphatic carbocycles. The number of nitrogens with one attached hydrogen (secondary N) is 2. The van der Waals surface area contributed by atoms with Gasteiger partial charge in [-0.2, -0.15) is 0 Å². The van der Waals surface area contributed by atoms with Crippen molar-refractivity contribution in [2.45, 2.75) is 19.9 Å². The molecule has 0 bridgehead atoms. The van der Waals surface area contributed by atoms with Gasteiger partial charge in [0.05, 0.1) is 19.3 Å². The topological polar surface area (TPSA) is 58.5 Å². The summed E-state index contributed by atoms with van der Waals surface area (Å²) in [7, 11) is 1.63. The predicted octanol–water partition coefficient (Wildman–Crippen LogP) is 3.04. The Labute approximate surface area is 148 Å². The molecule has 0 atom stereocenters. The summed E-state index contributed by atoms with van der Waals surface area (Å²) in [5.41, 5.74) is 2.01. The van der Waals surface area contributed by atoms with Crippen LogP contribution in [0.3, 0.4) is 0 Å². The van der Waals surface area contributed by atoms with Crippen LogP contribution in [0.25, 0.3) is 0 Å². The number of benzene rings is 1. The van der Waals surface area contributed by atoms with Gasteiger partial charge in [-0.1, -0.05) is 23.7 Å². The van der Waals surface area contributed by atoms with Gasteiger partial charge in [0.15, 0.2) is 5.96 Å². The number of ether oxygens (including phenoxy) is 1. The molecule has 5 nitrogen and oxygen atoms in total. The Bertz CT molecular complexity index is 661. The molecule has 0 unspecified atom stereocenters. The zero-order valence-electron chi connectivity index (χ0n) is 14.1. The summed E-state index contributed by atoms with van der Waals surface area (Å²) in [6.45, 7) is 4.12. The molecule has 1 heterocycles.